The van der Waals surface area contributed by atoms with Gasteiger partial charge in [-0.05, 0) is 82.4 Å². The summed E-state index contributed by atoms with van der Waals surface area (Å²) in [5, 5.41) is 3.50. The molecule has 0 radical (unpaired) electrons. The van der Waals surface area contributed by atoms with Crippen LogP contribution in [0.3, 0.4) is 0 Å². The Morgan fingerprint density at radius 1 is 1.05 bits per heavy atom. The second-order valence-corrected chi connectivity index (χ2v) is 6.11. The van der Waals surface area contributed by atoms with E-state index in [0.29, 0.717) is 0 Å². The van der Waals surface area contributed by atoms with Crippen LogP contribution in [0.4, 0.5) is 0 Å². The van der Waals surface area contributed by atoms with Crippen LogP contribution < -0.4 is 5.32 Å². The molecule has 19 heavy (non-hydrogen) atoms. The molecular weight excluding hydrogens is 232 g/mol. The lowest BCUT2D eigenvalue weighted by molar-refractivity contribution is 0.216. The molecule has 1 aliphatic heterocycles. The van der Waals surface area contributed by atoms with Crippen molar-refractivity contribution in [3.05, 3.63) is 34.4 Å². The Hall–Kier alpha value is -0.860. The van der Waals surface area contributed by atoms with E-state index in [1.807, 2.05) is 0 Å². The van der Waals surface area contributed by atoms with Crippen LogP contribution in [0.15, 0.2) is 12.1 Å². The van der Waals surface area contributed by atoms with E-state index in [1.165, 1.54) is 54.6 Å². The van der Waals surface area contributed by atoms with E-state index in [2.05, 4.69) is 50.2 Å². The van der Waals surface area contributed by atoms with E-state index in [1.54, 1.807) is 0 Å². The molecule has 1 heterocycles. The molecule has 2 nitrogen and oxygen atoms in total. The molecule has 1 saturated heterocycles. The fourth-order valence-corrected chi connectivity index (χ4v) is 3.03. The molecular formula is C17H28N2. The summed E-state index contributed by atoms with van der Waals surface area (Å²) in [5.74, 6) is 0. The van der Waals surface area contributed by atoms with E-state index in [-0.39, 0.29) is 0 Å². The van der Waals surface area contributed by atoms with Crippen molar-refractivity contribution in [3.8, 4) is 0 Å². The highest BCUT2D eigenvalue weighted by atomic mass is 15.1. The Balaban J connectivity index is 2.05. The van der Waals surface area contributed by atoms with Gasteiger partial charge in [0, 0.05) is 12.6 Å². The van der Waals surface area contributed by atoms with E-state index < -0.39 is 0 Å². The molecule has 0 amide bonds. The van der Waals surface area contributed by atoms with Gasteiger partial charge in [-0.15, -0.1) is 0 Å². The first kappa shape index (κ1) is 14.5. The lowest BCUT2D eigenvalue weighted by atomic mass is 9.99. The van der Waals surface area contributed by atoms with Crippen molar-refractivity contribution >= 4 is 0 Å². The summed E-state index contributed by atoms with van der Waals surface area (Å²) in [6, 6.07) is 5.43. The maximum Gasteiger partial charge on any atom is 0.0236 e. The molecule has 1 aromatic rings. The Labute approximate surface area is 118 Å². The monoisotopic (exact) mass is 260 g/mol. The first-order chi connectivity index (χ1) is 9.08. The van der Waals surface area contributed by atoms with Crippen molar-refractivity contribution in [1.29, 1.82) is 0 Å². The molecule has 0 aliphatic carbocycles. The SMILES string of the molecule is Cc1cc(C)c(CN(C)C2CCCNCC2)cc1C. The van der Waals surface area contributed by atoms with Crippen molar-refractivity contribution in [2.24, 2.45) is 0 Å². The zero-order chi connectivity index (χ0) is 13.8. The quantitative estimate of drug-likeness (QED) is 0.898. The highest BCUT2D eigenvalue weighted by molar-refractivity contribution is 5.36. The summed E-state index contributed by atoms with van der Waals surface area (Å²) in [4.78, 5) is 2.55. The minimum atomic E-state index is 0.732. The third kappa shape index (κ3) is 3.80. The topological polar surface area (TPSA) is 15.3 Å². The lowest BCUT2D eigenvalue weighted by Crippen LogP contribution is -2.32. The van der Waals surface area contributed by atoms with Crippen LogP contribution in [0, 0.1) is 20.8 Å². The molecule has 0 saturated carbocycles. The van der Waals surface area contributed by atoms with Crippen molar-refractivity contribution in [3.63, 3.8) is 0 Å². The largest absolute Gasteiger partial charge is 0.317 e. The van der Waals surface area contributed by atoms with Crippen molar-refractivity contribution in [2.45, 2.75) is 52.6 Å². The smallest absolute Gasteiger partial charge is 0.0236 e. The second kappa shape index (κ2) is 6.53. The van der Waals surface area contributed by atoms with Gasteiger partial charge in [0.15, 0.2) is 0 Å². The van der Waals surface area contributed by atoms with Crippen molar-refractivity contribution in [1.82, 2.24) is 10.2 Å². The molecule has 1 unspecified atom stereocenters. The zero-order valence-corrected chi connectivity index (χ0v) is 12.9. The van der Waals surface area contributed by atoms with Gasteiger partial charge in [-0.25, -0.2) is 0 Å². The number of nitrogens with one attached hydrogen (secondary N) is 1. The van der Waals surface area contributed by atoms with E-state index in [4.69, 9.17) is 0 Å². The van der Waals surface area contributed by atoms with Gasteiger partial charge in [0.25, 0.3) is 0 Å². The molecule has 2 heteroatoms. The predicted octanol–water partition coefficient (Wildman–Crippen LogP) is 3.19. The molecule has 1 aromatic carbocycles. The maximum absolute atomic E-state index is 3.50. The van der Waals surface area contributed by atoms with Gasteiger partial charge >= 0.3 is 0 Å². The fourth-order valence-electron chi connectivity index (χ4n) is 3.03. The molecule has 0 spiro atoms. The third-order valence-electron chi connectivity index (χ3n) is 4.54. The van der Waals surface area contributed by atoms with Gasteiger partial charge in [0.1, 0.15) is 0 Å². The normalized spacial score (nSPS) is 20.6. The van der Waals surface area contributed by atoms with E-state index in [9.17, 15) is 0 Å². The first-order valence-electron chi connectivity index (χ1n) is 7.55. The summed E-state index contributed by atoms with van der Waals surface area (Å²) >= 11 is 0. The van der Waals surface area contributed by atoms with Crippen LogP contribution >= 0.6 is 0 Å². The summed E-state index contributed by atoms with van der Waals surface area (Å²) in [6.45, 7) is 10.1. The third-order valence-corrected chi connectivity index (χ3v) is 4.54. The summed E-state index contributed by atoms with van der Waals surface area (Å²) < 4.78 is 0. The Morgan fingerprint density at radius 2 is 1.79 bits per heavy atom. The minimum Gasteiger partial charge on any atom is -0.317 e. The van der Waals surface area contributed by atoms with Crippen molar-refractivity contribution < 1.29 is 0 Å². The summed E-state index contributed by atoms with van der Waals surface area (Å²) in [6.07, 6.45) is 3.91. The second-order valence-electron chi connectivity index (χ2n) is 6.11. The molecule has 1 atom stereocenters. The van der Waals surface area contributed by atoms with Crippen LogP contribution in [0.1, 0.15) is 41.5 Å². The number of hydrogen-bond donors (Lipinski definition) is 1. The molecule has 1 fully saturated rings. The molecule has 0 aromatic heterocycles. The average molecular weight is 260 g/mol. The number of aryl methyl sites for hydroxylation is 3. The fraction of sp³-hybridized carbons (Fsp3) is 0.647. The Kier molecular flexibility index (Phi) is 5.00. The first-order valence-corrected chi connectivity index (χ1v) is 7.55. The van der Waals surface area contributed by atoms with Crippen LogP contribution in [0.2, 0.25) is 0 Å². The minimum absolute atomic E-state index is 0.732. The maximum atomic E-state index is 3.50. The molecule has 1 N–H and O–H groups in total. The van der Waals surface area contributed by atoms with Gasteiger partial charge in [-0.2, -0.15) is 0 Å². The number of nitrogens with zero attached hydrogens (tertiary/aromatic N) is 1. The van der Waals surface area contributed by atoms with Crippen LogP contribution in [-0.4, -0.2) is 31.1 Å². The standard InChI is InChI=1S/C17H28N2/c1-13-10-15(3)16(11-14(13)2)12-19(4)17-6-5-8-18-9-7-17/h10-11,17-18H,5-9,12H2,1-4H3. The highest BCUT2D eigenvalue weighted by Crippen LogP contribution is 2.20. The molecule has 106 valence electrons. The lowest BCUT2D eigenvalue weighted by Gasteiger charge is -2.27. The van der Waals surface area contributed by atoms with Crippen LogP contribution in [-0.2, 0) is 6.54 Å². The van der Waals surface area contributed by atoms with Gasteiger partial charge < -0.3 is 5.32 Å². The van der Waals surface area contributed by atoms with Gasteiger partial charge in [-0.3, -0.25) is 4.90 Å². The van der Waals surface area contributed by atoms with Crippen LogP contribution in [0.25, 0.3) is 0 Å². The van der Waals surface area contributed by atoms with E-state index in [0.717, 1.165) is 12.6 Å². The molecule has 0 bridgehead atoms. The number of benzene rings is 1. The van der Waals surface area contributed by atoms with Gasteiger partial charge in [0.05, 0.1) is 0 Å². The number of hydrogen-bond acceptors (Lipinski definition) is 2. The van der Waals surface area contributed by atoms with Gasteiger partial charge in [0.2, 0.25) is 0 Å². The summed E-state index contributed by atoms with van der Waals surface area (Å²) in [5.41, 5.74) is 5.74. The Bertz CT molecular complexity index is 418. The average Bonchev–Trinajstić information content (AvgIpc) is 2.64. The summed E-state index contributed by atoms with van der Waals surface area (Å²) in [7, 11) is 2.28. The van der Waals surface area contributed by atoms with Crippen LogP contribution in [0.5, 0.6) is 0 Å². The molecule has 2 rings (SSSR count). The van der Waals surface area contributed by atoms with E-state index >= 15 is 0 Å². The molecule has 1 aliphatic rings. The zero-order valence-electron chi connectivity index (χ0n) is 12.9. The predicted molar refractivity (Wildman–Crippen MR) is 82.6 cm³/mol. The Morgan fingerprint density at radius 3 is 2.58 bits per heavy atom. The van der Waals surface area contributed by atoms with Crippen molar-refractivity contribution in [2.75, 3.05) is 20.1 Å². The van der Waals surface area contributed by atoms with Gasteiger partial charge in [-0.1, -0.05) is 12.1 Å². The highest BCUT2D eigenvalue weighted by Gasteiger charge is 2.17. The number of rotatable bonds is 3.